The van der Waals surface area contributed by atoms with Crippen molar-refractivity contribution in [2.75, 3.05) is 5.75 Å². The molecule has 1 heterocycles. The lowest BCUT2D eigenvalue weighted by atomic mass is 9.92. The average Bonchev–Trinajstić information content (AvgIpc) is 2.66. The van der Waals surface area contributed by atoms with Gasteiger partial charge in [-0.2, -0.15) is 11.8 Å². The summed E-state index contributed by atoms with van der Waals surface area (Å²) in [6.45, 7) is 2.02. The van der Waals surface area contributed by atoms with Crippen LogP contribution < -0.4 is 0 Å². The average molecular weight is 226 g/mol. The van der Waals surface area contributed by atoms with E-state index >= 15 is 0 Å². The maximum absolute atomic E-state index is 13.5. The Morgan fingerprint density at radius 2 is 2.20 bits per heavy atom. The predicted octanol–water partition coefficient (Wildman–Crippen LogP) is 3.14. The van der Waals surface area contributed by atoms with E-state index in [1.807, 2.05) is 6.92 Å². The van der Waals surface area contributed by atoms with Gasteiger partial charge >= 0.3 is 0 Å². The zero-order chi connectivity index (χ0) is 10.9. The quantitative estimate of drug-likeness (QED) is 0.836. The second kappa shape index (κ2) is 4.14. The molecule has 2 unspecified atom stereocenters. The molecule has 0 aromatic heterocycles. The van der Waals surface area contributed by atoms with Crippen molar-refractivity contribution in [2.24, 2.45) is 0 Å². The first-order valence-corrected chi connectivity index (χ1v) is 6.18. The lowest BCUT2D eigenvalue weighted by Crippen LogP contribution is -2.26. The van der Waals surface area contributed by atoms with Crippen LogP contribution in [0, 0.1) is 5.82 Å². The van der Waals surface area contributed by atoms with Gasteiger partial charge in [0, 0.05) is 10.3 Å². The highest BCUT2D eigenvalue weighted by atomic mass is 32.2. The molecule has 0 spiro atoms. The fourth-order valence-electron chi connectivity index (χ4n) is 2.04. The third-order valence-electron chi connectivity index (χ3n) is 3.03. The summed E-state index contributed by atoms with van der Waals surface area (Å²) in [5.74, 6) is 0.751. The van der Waals surface area contributed by atoms with Gasteiger partial charge in [0.25, 0.3) is 0 Å². The highest BCUT2D eigenvalue weighted by Gasteiger charge is 2.38. The number of benzene rings is 1. The molecule has 3 heteroatoms. The summed E-state index contributed by atoms with van der Waals surface area (Å²) in [4.78, 5) is 0. The van der Waals surface area contributed by atoms with Crippen LogP contribution in [-0.4, -0.2) is 15.6 Å². The molecule has 2 atom stereocenters. The number of aliphatic hydroxyl groups excluding tert-OH is 1. The van der Waals surface area contributed by atoms with E-state index < -0.39 is 6.10 Å². The molecule has 0 bridgehead atoms. The Morgan fingerprint density at radius 3 is 2.80 bits per heavy atom. The summed E-state index contributed by atoms with van der Waals surface area (Å²) in [6.07, 6.45) is 1.35. The third-order valence-corrected chi connectivity index (χ3v) is 4.61. The lowest BCUT2D eigenvalue weighted by Gasteiger charge is -2.29. The van der Waals surface area contributed by atoms with E-state index in [4.69, 9.17) is 0 Å². The van der Waals surface area contributed by atoms with Crippen molar-refractivity contribution < 1.29 is 9.50 Å². The predicted molar refractivity (Wildman–Crippen MR) is 61.5 cm³/mol. The number of hydrogen-bond donors (Lipinski definition) is 1. The van der Waals surface area contributed by atoms with Crippen molar-refractivity contribution in [3.8, 4) is 0 Å². The molecule has 1 aliphatic heterocycles. The highest BCUT2D eigenvalue weighted by Crippen LogP contribution is 2.46. The van der Waals surface area contributed by atoms with Gasteiger partial charge in [-0.25, -0.2) is 4.39 Å². The van der Waals surface area contributed by atoms with Gasteiger partial charge in [-0.05, 0) is 31.6 Å². The number of aliphatic hydroxyl groups is 1. The Hall–Kier alpha value is -0.540. The van der Waals surface area contributed by atoms with E-state index in [-0.39, 0.29) is 10.6 Å². The maximum atomic E-state index is 13.5. The Morgan fingerprint density at radius 1 is 1.47 bits per heavy atom. The zero-order valence-corrected chi connectivity index (χ0v) is 9.56. The topological polar surface area (TPSA) is 20.2 Å². The second-order valence-electron chi connectivity index (χ2n) is 4.19. The van der Waals surface area contributed by atoms with Gasteiger partial charge in [0.15, 0.2) is 0 Å². The van der Waals surface area contributed by atoms with E-state index in [2.05, 4.69) is 0 Å². The SMILES string of the molecule is CC1(C(O)c2ccccc2F)CCCS1. The summed E-state index contributed by atoms with van der Waals surface area (Å²) in [5.41, 5.74) is 0.425. The van der Waals surface area contributed by atoms with Crippen molar-refractivity contribution in [3.05, 3.63) is 35.6 Å². The molecule has 1 saturated heterocycles. The molecule has 0 amide bonds. The van der Waals surface area contributed by atoms with E-state index in [1.165, 1.54) is 6.07 Å². The van der Waals surface area contributed by atoms with Crippen LogP contribution in [-0.2, 0) is 0 Å². The number of thioether (sulfide) groups is 1. The molecule has 0 saturated carbocycles. The monoisotopic (exact) mass is 226 g/mol. The Bertz CT molecular complexity index is 347. The molecule has 1 nitrogen and oxygen atoms in total. The molecule has 0 radical (unpaired) electrons. The van der Waals surface area contributed by atoms with E-state index in [1.54, 1.807) is 30.0 Å². The molecule has 1 aromatic rings. The Balaban J connectivity index is 2.27. The van der Waals surface area contributed by atoms with Crippen molar-refractivity contribution in [2.45, 2.75) is 30.6 Å². The summed E-state index contributed by atoms with van der Waals surface area (Å²) >= 11 is 1.74. The van der Waals surface area contributed by atoms with Crippen LogP contribution in [0.3, 0.4) is 0 Å². The molecule has 2 rings (SSSR count). The van der Waals surface area contributed by atoms with Gasteiger partial charge < -0.3 is 5.11 Å². The first-order chi connectivity index (χ1) is 7.13. The highest BCUT2D eigenvalue weighted by molar-refractivity contribution is 8.00. The lowest BCUT2D eigenvalue weighted by molar-refractivity contribution is 0.131. The van der Waals surface area contributed by atoms with Gasteiger partial charge in [-0.1, -0.05) is 18.2 Å². The molecule has 1 aromatic carbocycles. The molecular weight excluding hydrogens is 211 g/mol. The first kappa shape index (κ1) is 11.0. The van der Waals surface area contributed by atoms with Crippen molar-refractivity contribution >= 4 is 11.8 Å². The minimum atomic E-state index is -0.703. The third kappa shape index (κ3) is 2.04. The standard InChI is InChI=1S/C12H15FOS/c1-12(7-4-8-15-12)11(14)9-5-2-3-6-10(9)13/h2-3,5-6,11,14H,4,7-8H2,1H3. The smallest absolute Gasteiger partial charge is 0.129 e. The van der Waals surface area contributed by atoms with Crippen LogP contribution in [0.4, 0.5) is 4.39 Å². The van der Waals surface area contributed by atoms with E-state index in [0.717, 1.165) is 18.6 Å². The van der Waals surface area contributed by atoms with Crippen molar-refractivity contribution in [1.29, 1.82) is 0 Å². The van der Waals surface area contributed by atoms with Crippen LogP contribution in [0.15, 0.2) is 24.3 Å². The summed E-state index contributed by atoms with van der Waals surface area (Å²) < 4.78 is 13.3. The van der Waals surface area contributed by atoms with E-state index in [0.29, 0.717) is 5.56 Å². The van der Waals surface area contributed by atoms with Gasteiger partial charge in [-0.15, -0.1) is 0 Å². The van der Waals surface area contributed by atoms with Crippen molar-refractivity contribution in [3.63, 3.8) is 0 Å². The van der Waals surface area contributed by atoms with Crippen LogP contribution in [0.1, 0.15) is 31.4 Å². The van der Waals surface area contributed by atoms with Crippen LogP contribution in [0.25, 0.3) is 0 Å². The normalized spacial score (nSPS) is 27.9. The molecule has 1 fully saturated rings. The molecule has 1 N–H and O–H groups in total. The fourth-order valence-corrected chi connectivity index (χ4v) is 3.37. The number of hydrogen-bond acceptors (Lipinski definition) is 2. The van der Waals surface area contributed by atoms with Gasteiger partial charge in [-0.3, -0.25) is 0 Å². The second-order valence-corrected chi connectivity index (χ2v) is 5.82. The number of halogens is 1. The fraction of sp³-hybridized carbons (Fsp3) is 0.500. The van der Waals surface area contributed by atoms with Gasteiger partial charge in [0.1, 0.15) is 5.82 Å². The van der Waals surface area contributed by atoms with Gasteiger partial charge in [0.05, 0.1) is 6.10 Å². The Labute approximate surface area is 93.7 Å². The van der Waals surface area contributed by atoms with Crippen molar-refractivity contribution in [1.82, 2.24) is 0 Å². The number of rotatable bonds is 2. The maximum Gasteiger partial charge on any atom is 0.129 e. The Kier molecular flexibility index (Phi) is 3.03. The minimum Gasteiger partial charge on any atom is -0.387 e. The van der Waals surface area contributed by atoms with Gasteiger partial charge in [0.2, 0.25) is 0 Å². The molecule has 1 aliphatic rings. The van der Waals surface area contributed by atoms with E-state index in [9.17, 15) is 9.50 Å². The largest absolute Gasteiger partial charge is 0.387 e. The summed E-state index contributed by atoms with van der Waals surface area (Å²) in [6, 6.07) is 6.49. The molecule has 82 valence electrons. The van der Waals surface area contributed by atoms with Crippen LogP contribution >= 0.6 is 11.8 Å². The minimum absolute atomic E-state index is 0.220. The van der Waals surface area contributed by atoms with Crippen LogP contribution in [0.5, 0.6) is 0 Å². The molecule has 0 aliphatic carbocycles. The summed E-state index contributed by atoms with van der Waals surface area (Å²) in [5, 5.41) is 10.2. The molecule has 15 heavy (non-hydrogen) atoms. The first-order valence-electron chi connectivity index (χ1n) is 5.20. The zero-order valence-electron chi connectivity index (χ0n) is 8.74. The van der Waals surface area contributed by atoms with Crippen LogP contribution in [0.2, 0.25) is 0 Å². The summed E-state index contributed by atoms with van der Waals surface area (Å²) in [7, 11) is 0. The molecular formula is C12H15FOS.